The first-order valence-corrected chi connectivity index (χ1v) is 9.30. The molecule has 3 aliphatic rings. The SMILES string of the molecule is CC(=O)NCC1CCC2(CCN(CC3CCCCC3)CC2)O1. The van der Waals surface area contributed by atoms with Crippen molar-refractivity contribution in [3.8, 4) is 0 Å². The molecule has 1 spiro atoms. The van der Waals surface area contributed by atoms with E-state index in [1.165, 1.54) is 71.0 Å². The number of hydrogen-bond acceptors (Lipinski definition) is 3. The van der Waals surface area contributed by atoms with Gasteiger partial charge in [-0.05, 0) is 44.4 Å². The maximum absolute atomic E-state index is 11.0. The van der Waals surface area contributed by atoms with E-state index >= 15 is 0 Å². The molecule has 1 amide bonds. The largest absolute Gasteiger partial charge is 0.370 e. The Balaban J connectivity index is 1.40. The van der Waals surface area contributed by atoms with E-state index in [1.807, 2.05) is 0 Å². The molecule has 2 saturated heterocycles. The molecule has 3 fully saturated rings. The fourth-order valence-corrected chi connectivity index (χ4v) is 4.54. The third kappa shape index (κ3) is 4.23. The first kappa shape index (κ1) is 16.3. The van der Waals surface area contributed by atoms with E-state index < -0.39 is 0 Å². The Morgan fingerprint density at radius 3 is 2.55 bits per heavy atom. The van der Waals surface area contributed by atoms with Crippen LogP contribution in [0, 0.1) is 5.92 Å². The van der Waals surface area contributed by atoms with E-state index in [-0.39, 0.29) is 17.6 Å². The quantitative estimate of drug-likeness (QED) is 0.868. The van der Waals surface area contributed by atoms with Gasteiger partial charge in [-0.15, -0.1) is 0 Å². The summed E-state index contributed by atoms with van der Waals surface area (Å²) in [5.41, 5.74) is 0.117. The van der Waals surface area contributed by atoms with Crippen molar-refractivity contribution in [3.63, 3.8) is 0 Å². The molecule has 22 heavy (non-hydrogen) atoms. The molecule has 1 atom stereocenters. The number of likely N-dealkylation sites (tertiary alicyclic amines) is 1. The number of rotatable bonds is 4. The van der Waals surface area contributed by atoms with E-state index in [4.69, 9.17) is 4.74 Å². The molecule has 4 heteroatoms. The maximum Gasteiger partial charge on any atom is 0.216 e. The summed E-state index contributed by atoms with van der Waals surface area (Å²) in [6.07, 6.45) is 12.1. The van der Waals surface area contributed by atoms with Gasteiger partial charge < -0.3 is 15.0 Å². The summed E-state index contributed by atoms with van der Waals surface area (Å²) < 4.78 is 6.34. The highest BCUT2D eigenvalue weighted by Gasteiger charge is 2.42. The number of nitrogens with one attached hydrogen (secondary N) is 1. The zero-order valence-electron chi connectivity index (χ0n) is 14.1. The first-order chi connectivity index (χ1) is 10.7. The molecule has 3 rings (SSSR count). The predicted molar refractivity (Wildman–Crippen MR) is 87.8 cm³/mol. The van der Waals surface area contributed by atoms with Gasteiger partial charge in [0.2, 0.25) is 5.91 Å². The summed E-state index contributed by atoms with van der Waals surface area (Å²) >= 11 is 0. The van der Waals surface area contributed by atoms with E-state index in [1.54, 1.807) is 6.92 Å². The van der Waals surface area contributed by atoms with E-state index in [9.17, 15) is 4.79 Å². The minimum Gasteiger partial charge on any atom is -0.370 e. The Morgan fingerprint density at radius 2 is 1.86 bits per heavy atom. The van der Waals surface area contributed by atoms with Crippen LogP contribution in [-0.4, -0.2) is 48.7 Å². The standard InChI is InChI=1S/C18H32N2O2/c1-15(21)19-13-17-7-8-18(22-17)9-11-20(12-10-18)14-16-5-3-2-4-6-16/h16-17H,2-14H2,1H3,(H,19,21). The minimum atomic E-state index is 0.0480. The number of amides is 1. The molecule has 2 heterocycles. The molecular weight excluding hydrogens is 276 g/mol. The highest BCUT2D eigenvalue weighted by Crippen LogP contribution is 2.39. The van der Waals surface area contributed by atoms with E-state index in [2.05, 4.69) is 10.2 Å². The van der Waals surface area contributed by atoms with Crippen molar-refractivity contribution in [2.75, 3.05) is 26.2 Å². The lowest BCUT2D eigenvalue weighted by molar-refractivity contribution is -0.120. The van der Waals surface area contributed by atoms with Crippen molar-refractivity contribution >= 4 is 5.91 Å². The molecule has 126 valence electrons. The second kappa shape index (κ2) is 7.31. The third-order valence-corrected chi connectivity index (χ3v) is 5.93. The van der Waals surface area contributed by atoms with Gasteiger partial charge in [0.15, 0.2) is 0 Å². The van der Waals surface area contributed by atoms with Gasteiger partial charge in [0.1, 0.15) is 0 Å². The number of ether oxygens (including phenoxy) is 1. The van der Waals surface area contributed by atoms with Gasteiger partial charge >= 0.3 is 0 Å². The van der Waals surface area contributed by atoms with Gasteiger partial charge in [0.05, 0.1) is 11.7 Å². The molecule has 1 unspecified atom stereocenters. The molecule has 0 radical (unpaired) electrons. The van der Waals surface area contributed by atoms with E-state index in [0.29, 0.717) is 6.54 Å². The Labute approximate surface area is 135 Å². The summed E-state index contributed by atoms with van der Waals surface area (Å²) in [5, 5.41) is 2.90. The third-order valence-electron chi connectivity index (χ3n) is 5.93. The van der Waals surface area contributed by atoms with Crippen LogP contribution >= 0.6 is 0 Å². The van der Waals surface area contributed by atoms with Crippen LogP contribution < -0.4 is 5.32 Å². The molecular formula is C18H32N2O2. The van der Waals surface area contributed by atoms with Gasteiger partial charge in [0, 0.05) is 33.1 Å². The molecule has 1 N–H and O–H groups in total. The van der Waals surface area contributed by atoms with Crippen LogP contribution in [0.4, 0.5) is 0 Å². The lowest BCUT2D eigenvalue weighted by Gasteiger charge is -2.40. The zero-order chi connectivity index (χ0) is 15.4. The molecule has 1 aliphatic carbocycles. The zero-order valence-corrected chi connectivity index (χ0v) is 14.1. The summed E-state index contributed by atoms with van der Waals surface area (Å²) in [6, 6.07) is 0. The Morgan fingerprint density at radius 1 is 1.14 bits per heavy atom. The van der Waals surface area contributed by atoms with Crippen molar-refractivity contribution in [1.82, 2.24) is 10.2 Å². The number of piperidine rings is 1. The lowest BCUT2D eigenvalue weighted by Crippen LogP contribution is -2.46. The van der Waals surface area contributed by atoms with Gasteiger partial charge in [-0.3, -0.25) is 4.79 Å². The maximum atomic E-state index is 11.0. The van der Waals surface area contributed by atoms with Crippen molar-refractivity contribution in [3.05, 3.63) is 0 Å². The van der Waals surface area contributed by atoms with Crippen molar-refractivity contribution in [2.45, 2.75) is 76.4 Å². The average Bonchev–Trinajstić information content (AvgIpc) is 2.92. The van der Waals surface area contributed by atoms with Gasteiger partial charge in [0.25, 0.3) is 0 Å². The molecule has 1 saturated carbocycles. The van der Waals surface area contributed by atoms with Crippen LogP contribution in [-0.2, 0) is 9.53 Å². The summed E-state index contributed by atoms with van der Waals surface area (Å²) in [4.78, 5) is 13.7. The van der Waals surface area contributed by atoms with Crippen LogP contribution in [0.3, 0.4) is 0 Å². The van der Waals surface area contributed by atoms with E-state index in [0.717, 1.165) is 12.3 Å². The van der Waals surface area contributed by atoms with Crippen molar-refractivity contribution in [2.24, 2.45) is 5.92 Å². The number of nitrogens with zero attached hydrogens (tertiary/aromatic N) is 1. The van der Waals surface area contributed by atoms with Gasteiger partial charge in [-0.25, -0.2) is 0 Å². The number of carbonyl (C=O) groups is 1. The van der Waals surface area contributed by atoms with Crippen LogP contribution in [0.1, 0.15) is 64.7 Å². The topological polar surface area (TPSA) is 41.6 Å². The van der Waals surface area contributed by atoms with Crippen LogP contribution in [0.25, 0.3) is 0 Å². The molecule has 0 aromatic rings. The Kier molecular flexibility index (Phi) is 5.40. The normalized spacial score (nSPS) is 29.8. The van der Waals surface area contributed by atoms with Crippen molar-refractivity contribution < 1.29 is 9.53 Å². The second-order valence-corrected chi connectivity index (χ2v) is 7.70. The van der Waals surface area contributed by atoms with Crippen LogP contribution in [0.5, 0.6) is 0 Å². The van der Waals surface area contributed by atoms with Crippen molar-refractivity contribution in [1.29, 1.82) is 0 Å². The number of hydrogen-bond donors (Lipinski definition) is 1. The molecule has 4 nitrogen and oxygen atoms in total. The number of carbonyl (C=O) groups excluding carboxylic acids is 1. The molecule has 0 aromatic carbocycles. The lowest BCUT2D eigenvalue weighted by atomic mass is 9.86. The average molecular weight is 308 g/mol. The smallest absolute Gasteiger partial charge is 0.216 e. The van der Waals surface area contributed by atoms with Gasteiger partial charge in [-0.2, -0.15) is 0 Å². The fraction of sp³-hybridized carbons (Fsp3) is 0.944. The van der Waals surface area contributed by atoms with Crippen LogP contribution in [0.2, 0.25) is 0 Å². The first-order valence-electron chi connectivity index (χ1n) is 9.30. The van der Waals surface area contributed by atoms with Gasteiger partial charge in [-0.1, -0.05) is 19.3 Å². The Hall–Kier alpha value is -0.610. The summed E-state index contributed by atoms with van der Waals surface area (Å²) in [7, 11) is 0. The van der Waals surface area contributed by atoms with Crippen LogP contribution in [0.15, 0.2) is 0 Å². The highest BCUT2D eigenvalue weighted by atomic mass is 16.5. The summed E-state index contributed by atoms with van der Waals surface area (Å²) in [5.74, 6) is 0.992. The predicted octanol–water partition coefficient (Wildman–Crippen LogP) is 2.72. The Bertz CT molecular complexity index is 371. The molecule has 0 bridgehead atoms. The summed E-state index contributed by atoms with van der Waals surface area (Å²) in [6.45, 7) is 5.97. The second-order valence-electron chi connectivity index (χ2n) is 7.70. The molecule has 2 aliphatic heterocycles. The fourth-order valence-electron chi connectivity index (χ4n) is 4.54. The monoisotopic (exact) mass is 308 g/mol. The molecule has 0 aromatic heterocycles. The highest BCUT2D eigenvalue weighted by molar-refractivity contribution is 5.72. The minimum absolute atomic E-state index is 0.0480.